The average Bonchev–Trinajstić information content (AvgIpc) is 3.23. The van der Waals surface area contributed by atoms with E-state index in [-0.39, 0.29) is 18.3 Å². The number of anilines is 1. The SMILES string of the molecule is CCn1c(COc2ccc(C)cc2OC)nnc1SCC(=O)Nc1cccc2ccccc12. The molecule has 170 valence electrons. The van der Waals surface area contributed by atoms with E-state index < -0.39 is 0 Å². The van der Waals surface area contributed by atoms with Gasteiger partial charge < -0.3 is 19.4 Å². The van der Waals surface area contributed by atoms with Gasteiger partial charge in [-0.1, -0.05) is 54.2 Å². The normalized spacial score (nSPS) is 10.9. The molecule has 0 radical (unpaired) electrons. The first kappa shape index (κ1) is 22.7. The van der Waals surface area contributed by atoms with Gasteiger partial charge >= 0.3 is 0 Å². The summed E-state index contributed by atoms with van der Waals surface area (Å²) in [5.74, 6) is 2.16. The second kappa shape index (κ2) is 10.4. The van der Waals surface area contributed by atoms with Gasteiger partial charge in [-0.05, 0) is 43.0 Å². The molecule has 0 saturated carbocycles. The lowest BCUT2D eigenvalue weighted by molar-refractivity contribution is -0.113. The minimum atomic E-state index is -0.0933. The number of carbonyl (C=O) groups is 1. The topological polar surface area (TPSA) is 78.3 Å². The molecule has 8 heteroatoms. The summed E-state index contributed by atoms with van der Waals surface area (Å²) >= 11 is 1.35. The molecule has 1 heterocycles. The molecule has 0 unspecified atom stereocenters. The number of ether oxygens (including phenoxy) is 2. The maximum atomic E-state index is 12.6. The number of fused-ring (bicyclic) bond motifs is 1. The minimum absolute atomic E-state index is 0.0933. The number of aryl methyl sites for hydroxylation is 1. The first-order valence-electron chi connectivity index (χ1n) is 10.7. The summed E-state index contributed by atoms with van der Waals surface area (Å²) < 4.78 is 13.3. The van der Waals surface area contributed by atoms with Gasteiger partial charge in [0.05, 0.1) is 12.9 Å². The smallest absolute Gasteiger partial charge is 0.234 e. The van der Waals surface area contributed by atoms with Crippen LogP contribution in [-0.4, -0.2) is 33.5 Å². The molecular formula is C25H26N4O3S. The molecule has 0 bridgehead atoms. The Morgan fingerprint density at radius 2 is 1.88 bits per heavy atom. The number of carbonyl (C=O) groups excluding carboxylic acids is 1. The first-order valence-corrected chi connectivity index (χ1v) is 11.7. The molecule has 0 aliphatic carbocycles. The Labute approximate surface area is 197 Å². The van der Waals surface area contributed by atoms with Gasteiger partial charge in [0.25, 0.3) is 0 Å². The van der Waals surface area contributed by atoms with Gasteiger partial charge in [0.15, 0.2) is 22.5 Å². The van der Waals surface area contributed by atoms with Gasteiger partial charge in [-0.25, -0.2) is 0 Å². The lowest BCUT2D eigenvalue weighted by Crippen LogP contribution is -2.15. The molecule has 7 nitrogen and oxygen atoms in total. The number of hydrogen-bond acceptors (Lipinski definition) is 6. The number of thioether (sulfide) groups is 1. The predicted molar refractivity (Wildman–Crippen MR) is 131 cm³/mol. The average molecular weight is 463 g/mol. The van der Waals surface area contributed by atoms with E-state index >= 15 is 0 Å². The van der Waals surface area contributed by atoms with E-state index in [2.05, 4.69) is 15.5 Å². The van der Waals surface area contributed by atoms with Gasteiger partial charge in [-0.15, -0.1) is 10.2 Å². The highest BCUT2D eigenvalue weighted by atomic mass is 32.2. The Hall–Kier alpha value is -3.52. The molecule has 0 saturated heterocycles. The van der Waals surface area contributed by atoms with Gasteiger partial charge in [-0.2, -0.15) is 0 Å². The van der Waals surface area contributed by atoms with E-state index in [0.717, 1.165) is 22.0 Å². The van der Waals surface area contributed by atoms with Crippen LogP contribution in [0.5, 0.6) is 11.5 Å². The Kier molecular flexibility index (Phi) is 7.14. The zero-order valence-electron chi connectivity index (χ0n) is 18.9. The Balaban J connectivity index is 1.39. The number of amides is 1. The van der Waals surface area contributed by atoms with Crippen molar-refractivity contribution in [1.82, 2.24) is 14.8 Å². The summed E-state index contributed by atoms with van der Waals surface area (Å²) in [5.41, 5.74) is 1.90. The van der Waals surface area contributed by atoms with Gasteiger partial charge in [0.1, 0.15) is 6.61 Å². The molecule has 1 N–H and O–H groups in total. The van der Waals surface area contributed by atoms with E-state index in [4.69, 9.17) is 9.47 Å². The molecule has 3 aromatic carbocycles. The number of benzene rings is 3. The third-order valence-electron chi connectivity index (χ3n) is 5.18. The summed E-state index contributed by atoms with van der Waals surface area (Å²) in [7, 11) is 1.62. The second-order valence-corrected chi connectivity index (χ2v) is 8.39. The number of hydrogen-bond donors (Lipinski definition) is 1. The van der Waals surface area contributed by atoms with Crippen LogP contribution in [0.3, 0.4) is 0 Å². The van der Waals surface area contributed by atoms with Crippen molar-refractivity contribution in [2.45, 2.75) is 32.2 Å². The third-order valence-corrected chi connectivity index (χ3v) is 6.15. The zero-order valence-corrected chi connectivity index (χ0v) is 19.7. The molecule has 4 aromatic rings. The number of rotatable bonds is 9. The fourth-order valence-electron chi connectivity index (χ4n) is 3.54. The Bertz CT molecular complexity index is 1270. The van der Waals surface area contributed by atoms with Crippen molar-refractivity contribution >= 4 is 34.1 Å². The van der Waals surface area contributed by atoms with Crippen LogP contribution in [0.1, 0.15) is 18.3 Å². The van der Waals surface area contributed by atoms with E-state index in [9.17, 15) is 4.79 Å². The molecule has 1 amide bonds. The van der Waals surface area contributed by atoms with Crippen molar-refractivity contribution in [2.24, 2.45) is 0 Å². The van der Waals surface area contributed by atoms with E-state index in [1.54, 1.807) is 7.11 Å². The molecule has 0 fully saturated rings. The fourth-order valence-corrected chi connectivity index (χ4v) is 4.36. The number of methoxy groups -OCH3 is 1. The van der Waals surface area contributed by atoms with E-state index in [1.807, 2.05) is 79.1 Å². The quantitative estimate of drug-likeness (QED) is 0.350. The molecule has 33 heavy (non-hydrogen) atoms. The highest BCUT2D eigenvalue weighted by Gasteiger charge is 2.15. The number of nitrogens with zero attached hydrogens (tertiary/aromatic N) is 3. The molecule has 0 spiro atoms. The predicted octanol–water partition coefficient (Wildman–Crippen LogP) is 5.08. The van der Waals surface area contributed by atoms with Gasteiger partial charge in [-0.3, -0.25) is 4.79 Å². The Morgan fingerprint density at radius 3 is 2.70 bits per heavy atom. The summed E-state index contributed by atoms with van der Waals surface area (Å²) in [5, 5.41) is 14.3. The molecule has 4 rings (SSSR count). The standard InChI is InChI=1S/C25H26N4O3S/c1-4-29-23(15-32-21-13-12-17(2)14-22(21)31-3)27-28-25(29)33-16-24(30)26-20-11-7-9-18-8-5-6-10-19(18)20/h5-14H,4,15-16H2,1-3H3,(H,26,30). The van der Waals surface area contributed by atoms with Crippen molar-refractivity contribution in [3.8, 4) is 11.5 Å². The van der Waals surface area contributed by atoms with Gasteiger partial charge in [0, 0.05) is 17.6 Å². The summed E-state index contributed by atoms with van der Waals surface area (Å²) in [4.78, 5) is 12.6. The van der Waals surface area contributed by atoms with Crippen molar-refractivity contribution in [3.63, 3.8) is 0 Å². The van der Waals surface area contributed by atoms with Crippen LogP contribution in [0.25, 0.3) is 10.8 Å². The van der Waals surface area contributed by atoms with Crippen LogP contribution in [0, 0.1) is 6.92 Å². The van der Waals surface area contributed by atoms with Crippen molar-refractivity contribution in [2.75, 3.05) is 18.2 Å². The maximum Gasteiger partial charge on any atom is 0.234 e. The lowest BCUT2D eigenvalue weighted by atomic mass is 10.1. The summed E-state index contributed by atoms with van der Waals surface area (Å²) in [6, 6.07) is 19.6. The van der Waals surface area contributed by atoms with Gasteiger partial charge in [0.2, 0.25) is 5.91 Å². The van der Waals surface area contributed by atoms with Crippen molar-refractivity contribution in [1.29, 1.82) is 0 Å². The van der Waals surface area contributed by atoms with Crippen LogP contribution in [-0.2, 0) is 17.9 Å². The third kappa shape index (κ3) is 5.28. The minimum Gasteiger partial charge on any atom is -0.493 e. The largest absolute Gasteiger partial charge is 0.493 e. The van der Waals surface area contributed by atoms with Crippen LogP contribution >= 0.6 is 11.8 Å². The lowest BCUT2D eigenvalue weighted by Gasteiger charge is -2.12. The molecule has 0 aliphatic heterocycles. The van der Waals surface area contributed by atoms with E-state index in [0.29, 0.717) is 29.0 Å². The zero-order chi connectivity index (χ0) is 23.2. The number of aromatic nitrogens is 3. The monoisotopic (exact) mass is 462 g/mol. The number of nitrogens with one attached hydrogen (secondary N) is 1. The summed E-state index contributed by atoms with van der Waals surface area (Å²) in [6.07, 6.45) is 0. The highest BCUT2D eigenvalue weighted by molar-refractivity contribution is 7.99. The molecule has 1 aromatic heterocycles. The maximum absolute atomic E-state index is 12.6. The first-order chi connectivity index (χ1) is 16.1. The Morgan fingerprint density at radius 1 is 1.06 bits per heavy atom. The van der Waals surface area contributed by atoms with Crippen LogP contribution < -0.4 is 14.8 Å². The van der Waals surface area contributed by atoms with E-state index in [1.165, 1.54) is 11.8 Å². The molecule has 0 aliphatic rings. The summed E-state index contributed by atoms with van der Waals surface area (Å²) in [6.45, 7) is 4.94. The van der Waals surface area contributed by atoms with Crippen LogP contribution in [0.15, 0.2) is 65.8 Å². The fraction of sp³-hybridized carbons (Fsp3) is 0.240. The molecular weight excluding hydrogens is 436 g/mol. The molecule has 0 atom stereocenters. The highest BCUT2D eigenvalue weighted by Crippen LogP contribution is 2.29. The second-order valence-electron chi connectivity index (χ2n) is 7.45. The van der Waals surface area contributed by atoms with Crippen LogP contribution in [0.2, 0.25) is 0 Å². The van der Waals surface area contributed by atoms with Crippen LogP contribution in [0.4, 0.5) is 5.69 Å². The van der Waals surface area contributed by atoms with Crippen molar-refractivity contribution < 1.29 is 14.3 Å². The van der Waals surface area contributed by atoms with Crippen molar-refractivity contribution in [3.05, 3.63) is 72.1 Å².